The number of hydrogen-bond acceptors (Lipinski definition) is 16. The normalized spacial score (nSPS) is 20.2. The number of nitrogen functional groups attached to an aromatic ring is 1. The van der Waals surface area contributed by atoms with Gasteiger partial charge in [0, 0.05) is 19.0 Å². The second-order valence-corrected chi connectivity index (χ2v) is 20.2. The Morgan fingerprint density at radius 1 is 0.720 bits per heavy atom. The largest absolute Gasteiger partial charge is 0.481 e. The van der Waals surface area contributed by atoms with Crippen LogP contribution in [0.2, 0.25) is 0 Å². The number of aromatic nitrogens is 2. The van der Waals surface area contributed by atoms with E-state index in [0.29, 0.717) is 32.1 Å². The molecule has 1 aliphatic heterocycles. The lowest BCUT2D eigenvalue weighted by Crippen LogP contribution is -2.36. The Morgan fingerprint density at radius 3 is 1.92 bits per heavy atom. The summed E-state index contributed by atoms with van der Waals surface area (Å²) in [5.74, 6) is -1.53. The minimum atomic E-state index is -5.47. The molecule has 1 fully saturated rings. The van der Waals surface area contributed by atoms with Crippen molar-refractivity contribution in [1.82, 2.24) is 9.55 Å². The van der Waals surface area contributed by atoms with Gasteiger partial charge >= 0.3 is 33.3 Å². The highest BCUT2D eigenvalue weighted by molar-refractivity contribution is 7.61. The van der Waals surface area contributed by atoms with Crippen LogP contribution in [0.15, 0.2) is 139 Å². The van der Waals surface area contributed by atoms with E-state index in [1.807, 2.05) is 54.7 Å². The molecule has 1 aliphatic rings. The lowest BCUT2D eigenvalue weighted by molar-refractivity contribution is -0.161. The molecule has 1 aromatic heterocycles. The molecule has 21 heteroatoms. The number of phosphoric acid groups is 2. The fraction of sp³-hybridized carbons (Fsp3) is 0.519. The molecule has 75 heavy (non-hydrogen) atoms. The predicted molar refractivity (Wildman–Crippen MR) is 290 cm³/mol. The van der Waals surface area contributed by atoms with E-state index in [2.05, 4.69) is 71.8 Å². The van der Waals surface area contributed by atoms with E-state index >= 15 is 0 Å². The van der Waals surface area contributed by atoms with Crippen molar-refractivity contribution in [1.29, 1.82) is 0 Å². The van der Waals surface area contributed by atoms with Crippen molar-refractivity contribution in [3.63, 3.8) is 0 Å². The van der Waals surface area contributed by atoms with Crippen molar-refractivity contribution >= 4 is 33.4 Å². The highest BCUT2D eigenvalue weighted by atomic mass is 31.3. The van der Waals surface area contributed by atoms with Crippen LogP contribution < -0.4 is 11.4 Å². The number of rotatable bonds is 40. The van der Waals surface area contributed by atoms with Crippen LogP contribution in [-0.4, -0.2) is 96.9 Å². The van der Waals surface area contributed by atoms with Gasteiger partial charge in [0.15, 0.2) is 12.3 Å². The molecule has 0 aliphatic carbocycles. The molecule has 0 amide bonds. The first-order valence-electron chi connectivity index (χ1n) is 25.7. The van der Waals surface area contributed by atoms with Crippen molar-refractivity contribution < 1.29 is 71.4 Å². The molecule has 0 spiro atoms. The van der Waals surface area contributed by atoms with Gasteiger partial charge in [-0.15, -0.1) is 0 Å². The summed E-state index contributed by atoms with van der Waals surface area (Å²) in [6, 6.07) is 1.23. The minimum Gasteiger partial charge on any atom is -0.462 e. The molecule has 418 valence electrons. The molecule has 0 saturated carbocycles. The van der Waals surface area contributed by atoms with Gasteiger partial charge in [0.2, 0.25) is 0 Å². The summed E-state index contributed by atoms with van der Waals surface area (Å²) >= 11 is 0. The molecule has 1 aromatic rings. The van der Waals surface area contributed by atoms with E-state index in [1.165, 1.54) is 25.3 Å². The summed E-state index contributed by atoms with van der Waals surface area (Å²) in [6.45, 7) is 1.79. The Hall–Kier alpha value is -4.88. The Balaban J connectivity index is 1.88. The molecular formula is C54H81N3O16P2. The Morgan fingerprint density at radius 2 is 1.29 bits per heavy atom. The molecule has 7 N–H and O–H groups in total. The SMILES string of the molecule is CC/C=C\C/C=C\CC(O)/C=C/C=C\C/C=C\CCCC(=O)OC[C@H](COP(=O)(O)OP(=O)(O)OC[C@H]1O[C@@H](n2ccc(N)nc2=O)[C@H](O)[C@@H]1O)OC(=O)CC/C=C\C/C=C\C/C=C\C/C=C\C/C=C\CCCCC. The molecule has 0 aromatic carbocycles. The van der Waals surface area contributed by atoms with E-state index in [-0.39, 0.29) is 25.1 Å². The zero-order valence-corrected chi connectivity index (χ0v) is 45.2. The van der Waals surface area contributed by atoms with Crippen molar-refractivity contribution in [2.45, 2.75) is 160 Å². The number of unbranched alkanes of at least 4 members (excludes halogenated alkanes) is 4. The van der Waals surface area contributed by atoms with E-state index in [0.717, 1.165) is 49.3 Å². The lowest BCUT2D eigenvalue weighted by atomic mass is 10.1. The predicted octanol–water partition coefficient (Wildman–Crippen LogP) is 9.74. The van der Waals surface area contributed by atoms with Gasteiger partial charge in [-0.2, -0.15) is 9.29 Å². The molecule has 0 radical (unpaired) electrons. The quantitative estimate of drug-likeness (QED) is 0.0117. The summed E-state index contributed by atoms with van der Waals surface area (Å²) in [6.07, 6.45) is 44.7. The molecule has 2 rings (SSSR count). The molecule has 19 nitrogen and oxygen atoms in total. The van der Waals surface area contributed by atoms with Gasteiger partial charge in [0.25, 0.3) is 0 Å². The van der Waals surface area contributed by atoms with E-state index < -0.39 is 89.8 Å². The Labute approximate surface area is 442 Å². The van der Waals surface area contributed by atoms with E-state index in [9.17, 15) is 48.6 Å². The zero-order valence-electron chi connectivity index (χ0n) is 43.4. The third-order valence-corrected chi connectivity index (χ3v) is 13.2. The number of aliphatic hydroxyl groups excluding tert-OH is 3. The van der Waals surface area contributed by atoms with Gasteiger partial charge in [0.1, 0.15) is 30.7 Å². The summed E-state index contributed by atoms with van der Waals surface area (Å²) < 4.78 is 56.6. The second kappa shape index (κ2) is 40.4. The first-order valence-corrected chi connectivity index (χ1v) is 28.6. The van der Waals surface area contributed by atoms with Crippen molar-refractivity contribution in [3.8, 4) is 0 Å². The van der Waals surface area contributed by atoms with Gasteiger partial charge < -0.3 is 45.1 Å². The monoisotopic (exact) mass is 1090 g/mol. The number of ether oxygens (including phenoxy) is 3. The number of carbonyl (C=O) groups is 2. The highest BCUT2D eigenvalue weighted by Crippen LogP contribution is 2.60. The summed E-state index contributed by atoms with van der Waals surface area (Å²) in [7, 11) is -10.9. The highest BCUT2D eigenvalue weighted by Gasteiger charge is 2.46. The number of allylic oxidation sites excluding steroid dienone is 18. The van der Waals surface area contributed by atoms with Crippen LogP contribution in [-0.2, 0) is 46.3 Å². The summed E-state index contributed by atoms with van der Waals surface area (Å²) in [5, 5.41) is 31.0. The van der Waals surface area contributed by atoms with Crippen LogP contribution in [0.5, 0.6) is 0 Å². The second-order valence-electron chi connectivity index (χ2n) is 17.1. The summed E-state index contributed by atoms with van der Waals surface area (Å²) in [4.78, 5) is 61.9. The third-order valence-electron chi connectivity index (χ3n) is 10.6. The molecular weight excluding hydrogens is 1010 g/mol. The molecule has 3 unspecified atom stereocenters. The topological polar surface area (TPSA) is 286 Å². The van der Waals surface area contributed by atoms with E-state index in [4.69, 9.17) is 29.0 Å². The first-order chi connectivity index (χ1) is 36.1. The van der Waals surface area contributed by atoms with Crippen LogP contribution >= 0.6 is 15.6 Å². The zero-order chi connectivity index (χ0) is 55.0. The lowest BCUT2D eigenvalue weighted by Gasteiger charge is -2.21. The molecule has 0 bridgehead atoms. The maximum atomic E-state index is 12.9. The third kappa shape index (κ3) is 33.0. The van der Waals surface area contributed by atoms with Gasteiger partial charge in [0.05, 0.1) is 19.3 Å². The average molecular weight is 1090 g/mol. The maximum absolute atomic E-state index is 12.9. The Kier molecular flexibility index (Phi) is 35.7. The number of carbonyl (C=O) groups excluding carboxylic acids is 2. The Bertz CT molecular complexity index is 2250. The average Bonchev–Trinajstić information content (AvgIpc) is 3.64. The van der Waals surface area contributed by atoms with Crippen LogP contribution in [0.1, 0.15) is 129 Å². The molecule has 8 atom stereocenters. The standard InChI is InChI=1S/C54H81N3O16P2/c1-3-5-7-9-11-12-13-14-15-16-17-18-19-20-21-22-27-31-35-39-50(60)71-46(42-68-49(59)38-34-30-26-24-23-25-29-33-37-45(58)36-32-28-10-8-6-4-2)43-69-74(64,65)73-75(66,67)70-44-47-51(61)52(62)53(72-47)57-41-40-48(55)56-54(57)63/h6,8,11-12,14-15,17-18,20-21,24-29,31-33,37,40-41,45-47,51-53,58,61-62H,3-5,7,9-10,13,16,19,22-23,30,34-36,38-39,42-44H2,1-2H3,(H,64,65)(H,66,67)(H2,55,56,63)/b8-6-,12-11-,15-14-,18-17-,21-20-,26-24-,29-25-,31-27-,32-28-,37-33+/t45?,46-,47-,51-,52-,53-/m1/s1. The number of phosphoric ester groups is 2. The van der Waals surface area contributed by atoms with Crippen molar-refractivity contribution in [2.75, 3.05) is 25.6 Å². The van der Waals surface area contributed by atoms with Crippen LogP contribution in [0.3, 0.4) is 0 Å². The fourth-order valence-electron chi connectivity index (χ4n) is 6.65. The van der Waals surface area contributed by atoms with Gasteiger partial charge in [-0.3, -0.25) is 23.2 Å². The first kappa shape index (κ1) is 66.2. The van der Waals surface area contributed by atoms with Crippen LogP contribution in [0, 0.1) is 0 Å². The fourth-order valence-corrected chi connectivity index (χ4v) is 8.76. The molecule has 2 heterocycles. The van der Waals surface area contributed by atoms with Crippen LogP contribution in [0.25, 0.3) is 0 Å². The number of aliphatic hydroxyl groups is 3. The summed E-state index contributed by atoms with van der Waals surface area (Å²) in [5.41, 5.74) is 4.57. The minimum absolute atomic E-state index is 0.00662. The number of nitrogens with zero attached hydrogens (tertiary/aromatic N) is 2. The van der Waals surface area contributed by atoms with E-state index in [1.54, 1.807) is 18.2 Å². The van der Waals surface area contributed by atoms with Crippen LogP contribution in [0.4, 0.5) is 5.82 Å². The van der Waals surface area contributed by atoms with Crippen molar-refractivity contribution in [3.05, 3.63) is 144 Å². The number of anilines is 1. The number of esters is 2. The maximum Gasteiger partial charge on any atom is 0.481 e. The molecule has 1 saturated heterocycles. The van der Waals surface area contributed by atoms with Gasteiger partial charge in [-0.05, 0) is 89.5 Å². The number of hydrogen-bond donors (Lipinski definition) is 6. The van der Waals surface area contributed by atoms with Gasteiger partial charge in [-0.1, -0.05) is 148 Å². The van der Waals surface area contributed by atoms with Crippen molar-refractivity contribution in [2.24, 2.45) is 0 Å². The van der Waals surface area contributed by atoms with Gasteiger partial charge in [-0.25, -0.2) is 13.9 Å². The smallest absolute Gasteiger partial charge is 0.462 e. The number of nitrogens with two attached hydrogens (primary N) is 1.